The second-order valence-electron chi connectivity index (χ2n) is 8.31. The van der Waals surface area contributed by atoms with Crippen molar-refractivity contribution in [2.24, 2.45) is 0 Å². The number of nitrogens with zero attached hydrogens (tertiary/aromatic N) is 2. The van der Waals surface area contributed by atoms with E-state index in [2.05, 4.69) is 17.4 Å². The number of para-hydroxylation sites is 1. The molecule has 33 heavy (non-hydrogen) atoms. The van der Waals surface area contributed by atoms with Gasteiger partial charge in [0.05, 0.1) is 20.1 Å². The number of piperidine rings is 1. The Hall–Kier alpha value is -3.03. The van der Waals surface area contributed by atoms with Gasteiger partial charge in [0.1, 0.15) is 6.04 Å². The van der Waals surface area contributed by atoms with Crippen molar-refractivity contribution in [3.63, 3.8) is 0 Å². The monoisotopic (exact) mass is 475 g/mol. The van der Waals surface area contributed by atoms with E-state index in [9.17, 15) is 9.59 Å². The van der Waals surface area contributed by atoms with Gasteiger partial charge in [0.25, 0.3) is 5.91 Å². The van der Waals surface area contributed by atoms with E-state index in [0.717, 1.165) is 28.9 Å². The van der Waals surface area contributed by atoms with E-state index in [0.29, 0.717) is 30.3 Å². The molecule has 0 radical (unpaired) electrons. The molecule has 1 unspecified atom stereocenters. The highest BCUT2D eigenvalue weighted by atomic mass is 32.1. The van der Waals surface area contributed by atoms with E-state index < -0.39 is 6.04 Å². The summed E-state index contributed by atoms with van der Waals surface area (Å²) in [7, 11) is 0. The number of aromatic nitrogens is 1. The highest BCUT2D eigenvalue weighted by Gasteiger charge is 2.31. The van der Waals surface area contributed by atoms with E-state index in [-0.39, 0.29) is 11.8 Å². The van der Waals surface area contributed by atoms with E-state index in [1.165, 1.54) is 16.0 Å². The Kier molecular flexibility index (Phi) is 6.51. The number of fused-ring (bicyclic) bond motifs is 1. The lowest BCUT2D eigenvalue weighted by molar-refractivity contribution is -0.134. The summed E-state index contributed by atoms with van der Waals surface area (Å²) in [5.41, 5.74) is 2.09. The van der Waals surface area contributed by atoms with Gasteiger partial charge in [-0.2, -0.15) is 0 Å². The van der Waals surface area contributed by atoms with Crippen LogP contribution in [0.1, 0.15) is 39.0 Å². The molecule has 1 fully saturated rings. The lowest BCUT2D eigenvalue weighted by Crippen LogP contribution is -2.51. The van der Waals surface area contributed by atoms with Crippen molar-refractivity contribution >= 4 is 44.7 Å². The molecule has 0 bridgehead atoms. The van der Waals surface area contributed by atoms with Gasteiger partial charge >= 0.3 is 0 Å². The normalized spacial score (nSPS) is 15.5. The van der Waals surface area contributed by atoms with Gasteiger partial charge in [-0.1, -0.05) is 48.5 Å². The van der Waals surface area contributed by atoms with Crippen molar-refractivity contribution in [3.8, 4) is 0 Å². The summed E-state index contributed by atoms with van der Waals surface area (Å²) in [4.78, 5) is 33.6. The molecule has 4 aromatic rings. The lowest BCUT2D eigenvalue weighted by atomic mass is 9.96. The Balaban J connectivity index is 1.27. The summed E-state index contributed by atoms with van der Waals surface area (Å²) in [6.07, 6.45) is 2.26. The number of amides is 2. The highest BCUT2D eigenvalue weighted by Crippen LogP contribution is 2.34. The van der Waals surface area contributed by atoms with Crippen LogP contribution in [0.15, 0.2) is 72.1 Å². The van der Waals surface area contributed by atoms with Crippen LogP contribution in [0, 0.1) is 0 Å². The number of nitrogens with one attached hydrogen (secondary N) is 1. The fourth-order valence-electron chi connectivity index (χ4n) is 4.32. The molecule has 1 N–H and O–H groups in total. The van der Waals surface area contributed by atoms with Crippen molar-refractivity contribution in [3.05, 3.63) is 87.6 Å². The molecule has 0 saturated carbocycles. The Labute approximate surface area is 201 Å². The molecule has 168 valence electrons. The summed E-state index contributed by atoms with van der Waals surface area (Å²) in [5.74, 6) is 0.176. The van der Waals surface area contributed by atoms with Gasteiger partial charge in [0.15, 0.2) is 0 Å². The number of hydrogen-bond acceptors (Lipinski definition) is 5. The van der Waals surface area contributed by atoms with Crippen molar-refractivity contribution in [2.45, 2.75) is 31.2 Å². The summed E-state index contributed by atoms with van der Waals surface area (Å²) < 4.78 is 1.21. The third kappa shape index (κ3) is 4.99. The van der Waals surface area contributed by atoms with E-state index in [1.54, 1.807) is 17.4 Å². The van der Waals surface area contributed by atoms with Gasteiger partial charge in [0.2, 0.25) is 5.91 Å². The molecule has 7 heteroatoms. The Morgan fingerprint density at radius 1 is 1.00 bits per heavy atom. The van der Waals surface area contributed by atoms with Crippen molar-refractivity contribution in [1.29, 1.82) is 0 Å². The summed E-state index contributed by atoms with van der Waals surface area (Å²) in [6, 6.07) is 21.1. The molecule has 5 nitrogen and oxygen atoms in total. The molecule has 1 saturated heterocycles. The molecular weight excluding hydrogens is 450 g/mol. The summed E-state index contributed by atoms with van der Waals surface area (Å²) in [6.45, 7) is 1.36. The standard InChI is InChI=1S/C26H25N3O2S2/c30-24(23-11-6-16-32-23)27-21(17-18-7-2-1-3-8-18)26(31)29-14-12-19(13-15-29)25-28-20-9-4-5-10-22(20)33-25/h1-11,16,19,21H,12-15,17H2,(H,27,30). The van der Waals surface area contributed by atoms with Crippen LogP contribution in [-0.2, 0) is 11.2 Å². The van der Waals surface area contributed by atoms with Gasteiger partial charge in [-0.05, 0) is 42.0 Å². The van der Waals surface area contributed by atoms with Crippen LogP contribution in [0.2, 0.25) is 0 Å². The zero-order valence-corrected chi connectivity index (χ0v) is 19.8. The summed E-state index contributed by atoms with van der Waals surface area (Å²) >= 11 is 3.14. The van der Waals surface area contributed by atoms with E-state index in [4.69, 9.17) is 4.98 Å². The van der Waals surface area contributed by atoms with Crippen LogP contribution < -0.4 is 5.32 Å². The number of carbonyl (C=O) groups excluding carboxylic acids is 2. The van der Waals surface area contributed by atoms with E-state index >= 15 is 0 Å². The maximum absolute atomic E-state index is 13.5. The number of benzene rings is 2. The van der Waals surface area contributed by atoms with Crippen molar-refractivity contribution in [1.82, 2.24) is 15.2 Å². The van der Waals surface area contributed by atoms with Gasteiger partial charge in [-0.25, -0.2) is 4.98 Å². The second-order valence-corrected chi connectivity index (χ2v) is 10.3. The molecule has 0 aliphatic carbocycles. The minimum absolute atomic E-state index is 0.00786. The predicted octanol–water partition coefficient (Wildman–Crippen LogP) is 5.11. The van der Waals surface area contributed by atoms with Crippen LogP contribution >= 0.6 is 22.7 Å². The summed E-state index contributed by atoms with van der Waals surface area (Å²) in [5, 5.41) is 6.03. The average Bonchev–Trinajstić information content (AvgIpc) is 3.54. The van der Waals surface area contributed by atoms with Crippen molar-refractivity contribution in [2.75, 3.05) is 13.1 Å². The molecular formula is C26H25N3O2S2. The Bertz CT molecular complexity index is 1200. The minimum Gasteiger partial charge on any atom is -0.341 e. The number of rotatable bonds is 6. The van der Waals surface area contributed by atoms with Crippen LogP contribution in [-0.4, -0.2) is 40.8 Å². The first-order chi connectivity index (χ1) is 16.2. The van der Waals surface area contributed by atoms with Gasteiger partial charge in [-0.3, -0.25) is 9.59 Å². The molecule has 3 heterocycles. The first-order valence-electron chi connectivity index (χ1n) is 11.2. The maximum atomic E-state index is 13.5. The fourth-order valence-corrected chi connectivity index (χ4v) is 6.08. The third-order valence-corrected chi connectivity index (χ3v) is 8.16. The largest absolute Gasteiger partial charge is 0.341 e. The Morgan fingerprint density at radius 2 is 1.76 bits per heavy atom. The molecule has 2 amide bonds. The quantitative estimate of drug-likeness (QED) is 0.422. The number of thiophene rings is 1. The molecule has 2 aromatic carbocycles. The molecule has 2 aromatic heterocycles. The van der Waals surface area contributed by atoms with Crippen molar-refractivity contribution < 1.29 is 9.59 Å². The van der Waals surface area contributed by atoms with Crippen LogP contribution in [0.25, 0.3) is 10.2 Å². The zero-order chi connectivity index (χ0) is 22.6. The lowest BCUT2D eigenvalue weighted by Gasteiger charge is -2.34. The van der Waals surface area contributed by atoms with Gasteiger partial charge in [0, 0.05) is 25.4 Å². The molecule has 1 atom stereocenters. The maximum Gasteiger partial charge on any atom is 0.262 e. The molecule has 1 aliphatic heterocycles. The second kappa shape index (κ2) is 9.85. The highest BCUT2D eigenvalue weighted by molar-refractivity contribution is 7.18. The van der Waals surface area contributed by atoms with E-state index in [1.807, 2.05) is 58.8 Å². The number of hydrogen-bond donors (Lipinski definition) is 1. The number of thiazole rings is 1. The molecule has 0 spiro atoms. The fraction of sp³-hybridized carbons (Fsp3) is 0.269. The zero-order valence-electron chi connectivity index (χ0n) is 18.1. The molecule has 1 aliphatic rings. The number of carbonyl (C=O) groups is 2. The molecule has 5 rings (SSSR count). The number of likely N-dealkylation sites (tertiary alicyclic amines) is 1. The first-order valence-corrected chi connectivity index (χ1v) is 12.9. The van der Waals surface area contributed by atoms with Gasteiger partial charge in [-0.15, -0.1) is 22.7 Å². The third-order valence-electron chi connectivity index (χ3n) is 6.10. The van der Waals surface area contributed by atoms with Crippen LogP contribution in [0.3, 0.4) is 0 Å². The van der Waals surface area contributed by atoms with Crippen LogP contribution in [0.5, 0.6) is 0 Å². The predicted molar refractivity (Wildman–Crippen MR) is 134 cm³/mol. The minimum atomic E-state index is -0.582. The van der Waals surface area contributed by atoms with Crippen LogP contribution in [0.4, 0.5) is 0 Å². The van der Waals surface area contributed by atoms with Gasteiger partial charge < -0.3 is 10.2 Å². The average molecular weight is 476 g/mol. The first kappa shape index (κ1) is 21.8. The Morgan fingerprint density at radius 3 is 2.48 bits per heavy atom. The topological polar surface area (TPSA) is 62.3 Å². The SMILES string of the molecule is O=C(NC(Cc1ccccc1)C(=O)N1CCC(c2nc3ccccc3s2)CC1)c1cccs1. The smallest absolute Gasteiger partial charge is 0.262 e.